The molecule has 148 valence electrons. The summed E-state index contributed by atoms with van der Waals surface area (Å²) in [6.07, 6.45) is 1.40. The normalized spacial score (nSPS) is 10.6. The van der Waals surface area contributed by atoms with Crippen LogP contribution in [-0.2, 0) is 0 Å². The van der Waals surface area contributed by atoms with Crippen LogP contribution in [0, 0.1) is 6.92 Å². The van der Waals surface area contributed by atoms with Crippen LogP contribution in [0.1, 0.15) is 26.4 Å². The van der Waals surface area contributed by atoms with E-state index in [0.29, 0.717) is 28.0 Å². The molecule has 0 spiro atoms. The maximum absolute atomic E-state index is 12.6. The van der Waals surface area contributed by atoms with E-state index < -0.39 is 5.97 Å². The van der Waals surface area contributed by atoms with Crippen LogP contribution >= 0.6 is 0 Å². The largest absolute Gasteiger partial charge is 0.422 e. The highest BCUT2D eigenvalue weighted by Crippen LogP contribution is 2.21. The SMILES string of the molecule is Cc1ccc(C(=O)N(C)c2ccc(OC(=O)c3cnc4ccccc4n3)cc2)cc1. The van der Waals surface area contributed by atoms with Crippen molar-refractivity contribution in [1.29, 1.82) is 0 Å². The average molecular weight is 397 g/mol. The van der Waals surface area contributed by atoms with E-state index in [4.69, 9.17) is 4.74 Å². The third-order valence-electron chi connectivity index (χ3n) is 4.70. The molecular weight excluding hydrogens is 378 g/mol. The summed E-state index contributed by atoms with van der Waals surface area (Å²) in [7, 11) is 1.70. The van der Waals surface area contributed by atoms with Gasteiger partial charge in [-0.25, -0.2) is 9.78 Å². The van der Waals surface area contributed by atoms with Gasteiger partial charge in [-0.2, -0.15) is 0 Å². The lowest BCUT2D eigenvalue weighted by atomic mass is 10.1. The number of nitrogens with zero attached hydrogens (tertiary/aromatic N) is 3. The van der Waals surface area contributed by atoms with Crippen LogP contribution in [0.4, 0.5) is 5.69 Å². The van der Waals surface area contributed by atoms with Gasteiger partial charge in [-0.15, -0.1) is 0 Å². The lowest BCUT2D eigenvalue weighted by Crippen LogP contribution is -2.26. The second kappa shape index (κ2) is 8.13. The number of hydrogen-bond donors (Lipinski definition) is 0. The van der Waals surface area contributed by atoms with Crippen molar-refractivity contribution in [2.45, 2.75) is 6.92 Å². The van der Waals surface area contributed by atoms with Gasteiger partial charge in [0.2, 0.25) is 0 Å². The van der Waals surface area contributed by atoms with Gasteiger partial charge in [0, 0.05) is 18.3 Å². The van der Waals surface area contributed by atoms with Crippen LogP contribution in [0.2, 0.25) is 0 Å². The minimum atomic E-state index is -0.593. The molecule has 6 heteroatoms. The van der Waals surface area contributed by atoms with Crippen LogP contribution in [0.15, 0.2) is 79.0 Å². The van der Waals surface area contributed by atoms with Crippen molar-refractivity contribution in [3.05, 3.63) is 95.8 Å². The first-order valence-electron chi connectivity index (χ1n) is 9.40. The zero-order chi connectivity index (χ0) is 21.1. The zero-order valence-electron chi connectivity index (χ0n) is 16.6. The maximum Gasteiger partial charge on any atom is 0.363 e. The lowest BCUT2D eigenvalue weighted by Gasteiger charge is -2.18. The van der Waals surface area contributed by atoms with Crippen molar-refractivity contribution in [2.75, 3.05) is 11.9 Å². The van der Waals surface area contributed by atoms with Gasteiger partial charge in [0.15, 0.2) is 5.69 Å². The Morgan fingerprint density at radius 2 is 1.53 bits per heavy atom. The van der Waals surface area contributed by atoms with Crippen molar-refractivity contribution < 1.29 is 14.3 Å². The highest BCUT2D eigenvalue weighted by molar-refractivity contribution is 6.05. The van der Waals surface area contributed by atoms with Crippen molar-refractivity contribution in [1.82, 2.24) is 9.97 Å². The number of rotatable bonds is 4. The van der Waals surface area contributed by atoms with E-state index in [2.05, 4.69) is 9.97 Å². The summed E-state index contributed by atoms with van der Waals surface area (Å²) in [5.74, 6) is -0.355. The summed E-state index contributed by atoms with van der Waals surface area (Å²) < 4.78 is 5.40. The Hall–Kier alpha value is -4.06. The molecule has 0 N–H and O–H groups in total. The molecule has 0 fully saturated rings. The predicted molar refractivity (Wildman–Crippen MR) is 115 cm³/mol. The van der Waals surface area contributed by atoms with Crippen LogP contribution in [-0.4, -0.2) is 28.9 Å². The lowest BCUT2D eigenvalue weighted by molar-refractivity contribution is 0.0728. The fraction of sp³-hybridized carbons (Fsp3) is 0.0833. The van der Waals surface area contributed by atoms with Gasteiger partial charge in [0.25, 0.3) is 5.91 Å². The van der Waals surface area contributed by atoms with Gasteiger partial charge in [0.1, 0.15) is 5.75 Å². The molecule has 3 aromatic carbocycles. The van der Waals surface area contributed by atoms with Crippen LogP contribution in [0.3, 0.4) is 0 Å². The minimum absolute atomic E-state index is 0.119. The molecule has 4 aromatic rings. The van der Waals surface area contributed by atoms with E-state index in [9.17, 15) is 9.59 Å². The number of ether oxygens (including phenoxy) is 1. The third kappa shape index (κ3) is 4.03. The monoisotopic (exact) mass is 397 g/mol. The first-order valence-corrected chi connectivity index (χ1v) is 9.40. The number of amides is 1. The molecule has 6 nitrogen and oxygen atoms in total. The van der Waals surface area contributed by atoms with Gasteiger partial charge in [-0.3, -0.25) is 9.78 Å². The van der Waals surface area contributed by atoms with Crippen LogP contribution < -0.4 is 9.64 Å². The Balaban J connectivity index is 1.46. The number of aromatic nitrogens is 2. The number of hydrogen-bond acceptors (Lipinski definition) is 5. The Bertz CT molecular complexity index is 1220. The number of aryl methyl sites for hydroxylation is 1. The molecule has 0 bridgehead atoms. The topological polar surface area (TPSA) is 72.4 Å². The quantitative estimate of drug-likeness (QED) is 0.376. The van der Waals surface area contributed by atoms with Crippen molar-refractivity contribution in [3.63, 3.8) is 0 Å². The summed E-state index contributed by atoms with van der Waals surface area (Å²) in [5.41, 5.74) is 3.85. The molecule has 0 unspecified atom stereocenters. The number of carbonyl (C=O) groups is 2. The first kappa shape index (κ1) is 19.3. The van der Waals surface area contributed by atoms with Gasteiger partial charge in [-0.05, 0) is 55.5 Å². The van der Waals surface area contributed by atoms with Gasteiger partial charge < -0.3 is 9.64 Å². The maximum atomic E-state index is 12.6. The van der Waals surface area contributed by atoms with Crippen molar-refractivity contribution >= 4 is 28.6 Å². The smallest absolute Gasteiger partial charge is 0.363 e. The molecule has 0 aliphatic carbocycles. The zero-order valence-corrected chi connectivity index (χ0v) is 16.6. The van der Waals surface area contributed by atoms with Crippen molar-refractivity contribution in [3.8, 4) is 5.75 Å². The predicted octanol–water partition coefficient (Wildman–Crippen LogP) is 4.43. The minimum Gasteiger partial charge on any atom is -0.422 e. The van der Waals surface area contributed by atoms with E-state index in [0.717, 1.165) is 5.56 Å². The fourth-order valence-corrected chi connectivity index (χ4v) is 2.96. The fourth-order valence-electron chi connectivity index (χ4n) is 2.96. The summed E-state index contributed by atoms with van der Waals surface area (Å²) in [5, 5.41) is 0. The van der Waals surface area contributed by atoms with E-state index in [1.165, 1.54) is 6.20 Å². The molecule has 4 rings (SSSR count). The summed E-state index contributed by atoms with van der Waals surface area (Å²) in [6, 6.07) is 21.4. The highest BCUT2D eigenvalue weighted by atomic mass is 16.5. The number of carbonyl (C=O) groups excluding carboxylic acids is 2. The number of para-hydroxylation sites is 2. The van der Waals surface area contributed by atoms with Gasteiger partial charge >= 0.3 is 5.97 Å². The second-order valence-electron chi connectivity index (χ2n) is 6.86. The summed E-state index contributed by atoms with van der Waals surface area (Å²) >= 11 is 0. The molecule has 30 heavy (non-hydrogen) atoms. The third-order valence-corrected chi connectivity index (χ3v) is 4.70. The van der Waals surface area contributed by atoms with E-state index in [1.54, 1.807) is 54.4 Å². The molecule has 0 aliphatic rings. The Labute approximate surface area is 173 Å². The Morgan fingerprint density at radius 1 is 0.867 bits per heavy atom. The van der Waals surface area contributed by atoms with E-state index in [-0.39, 0.29) is 11.6 Å². The van der Waals surface area contributed by atoms with Crippen LogP contribution in [0.25, 0.3) is 11.0 Å². The number of esters is 1. The van der Waals surface area contributed by atoms with Gasteiger partial charge in [0.05, 0.1) is 17.2 Å². The second-order valence-corrected chi connectivity index (χ2v) is 6.86. The standard InChI is InChI=1S/C24H19N3O3/c1-16-7-9-17(10-8-16)23(28)27(2)18-11-13-19(14-12-18)30-24(29)22-15-25-20-5-3-4-6-21(20)26-22/h3-15H,1-2H3. The van der Waals surface area contributed by atoms with Crippen molar-refractivity contribution in [2.24, 2.45) is 0 Å². The number of fused-ring (bicyclic) bond motifs is 1. The summed E-state index contributed by atoms with van der Waals surface area (Å²) in [4.78, 5) is 35.1. The van der Waals surface area contributed by atoms with E-state index in [1.807, 2.05) is 37.3 Å². The summed E-state index contributed by atoms with van der Waals surface area (Å²) in [6.45, 7) is 1.97. The molecule has 1 aromatic heterocycles. The van der Waals surface area contributed by atoms with E-state index >= 15 is 0 Å². The molecule has 1 amide bonds. The number of benzene rings is 3. The Kier molecular flexibility index (Phi) is 5.22. The average Bonchev–Trinajstić information content (AvgIpc) is 2.79. The van der Waals surface area contributed by atoms with Gasteiger partial charge in [-0.1, -0.05) is 29.8 Å². The molecule has 1 heterocycles. The highest BCUT2D eigenvalue weighted by Gasteiger charge is 2.15. The molecule has 0 saturated carbocycles. The molecule has 0 saturated heterocycles. The molecular formula is C24H19N3O3. The Morgan fingerprint density at radius 3 is 2.23 bits per heavy atom. The first-order chi connectivity index (χ1) is 14.5. The van der Waals surface area contributed by atoms with Crippen LogP contribution in [0.5, 0.6) is 5.75 Å². The number of anilines is 1. The molecule has 0 aliphatic heterocycles. The molecule has 0 atom stereocenters. The molecule has 0 radical (unpaired) electrons.